The Morgan fingerprint density at radius 1 is 1.57 bits per heavy atom. The number of hydrogen-bond donors (Lipinski definition) is 2. The van der Waals surface area contributed by atoms with Gasteiger partial charge in [-0.1, -0.05) is 11.8 Å². The number of carbonyl (C=O) groups is 1. The summed E-state index contributed by atoms with van der Waals surface area (Å²) in [6, 6.07) is 3.71. The number of aromatic nitrogens is 2. The molecule has 0 bridgehead atoms. The van der Waals surface area contributed by atoms with Gasteiger partial charge in [-0.25, -0.2) is 0 Å². The summed E-state index contributed by atoms with van der Waals surface area (Å²) in [6.45, 7) is 0.608. The molecule has 5 nitrogen and oxygen atoms in total. The maximum atomic E-state index is 12.0. The third kappa shape index (κ3) is 4.74. The van der Waals surface area contributed by atoms with Crippen LogP contribution in [-0.4, -0.2) is 33.9 Å². The molecule has 2 aromatic heterocycles. The predicted molar refractivity (Wildman–Crippen MR) is 82.1 cm³/mol. The van der Waals surface area contributed by atoms with Gasteiger partial charge in [-0.3, -0.25) is 9.48 Å². The average molecular weight is 303 g/mol. The van der Waals surface area contributed by atoms with Crippen LogP contribution < -0.4 is 5.32 Å². The molecule has 2 N–H and O–H groups in total. The van der Waals surface area contributed by atoms with Gasteiger partial charge >= 0.3 is 0 Å². The molecule has 110 valence electrons. The number of nitrogens with zero attached hydrogens (tertiary/aromatic N) is 2. The van der Waals surface area contributed by atoms with E-state index >= 15 is 0 Å². The quantitative estimate of drug-likeness (QED) is 0.815. The number of amides is 1. The number of rotatable bonds is 5. The van der Waals surface area contributed by atoms with E-state index in [-0.39, 0.29) is 12.5 Å². The lowest BCUT2D eigenvalue weighted by atomic mass is 10.2. The van der Waals surface area contributed by atoms with E-state index < -0.39 is 0 Å². The Morgan fingerprint density at radius 2 is 2.43 bits per heavy atom. The average Bonchev–Trinajstić information content (AvgIpc) is 3.08. The summed E-state index contributed by atoms with van der Waals surface area (Å²) in [7, 11) is 1.87. The third-order valence-electron chi connectivity index (χ3n) is 2.75. The zero-order chi connectivity index (χ0) is 15.1. The summed E-state index contributed by atoms with van der Waals surface area (Å²) < 4.78 is 1.74. The fourth-order valence-corrected chi connectivity index (χ4v) is 2.48. The van der Waals surface area contributed by atoms with Gasteiger partial charge in [-0.05, 0) is 12.1 Å². The lowest BCUT2D eigenvalue weighted by molar-refractivity contribution is 0.0954. The van der Waals surface area contributed by atoms with Crippen molar-refractivity contribution in [3.63, 3.8) is 0 Å². The van der Waals surface area contributed by atoms with Crippen LogP contribution in [0.3, 0.4) is 0 Å². The Kier molecular flexibility index (Phi) is 5.55. The predicted octanol–water partition coefficient (Wildman–Crippen LogP) is 1.19. The number of thiophene rings is 1. The molecule has 2 rings (SSSR count). The number of aliphatic hydroxyl groups is 1. The minimum Gasteiger partial charge on any atom is -0.395 e. The van der Waals surface area contributed by atoms with E-state index in [2.05, 4.69) is 22.3 Å². The molecule has 0 atom stereocenters. The Labute approximate surface area is 127 Å². The van der Waals surface area contributed by atoms with Crippen molar-refractivity contribution in [2.45, 2.75) is 12.8 Å². The molecular formula is C15H17N3O2S. The lowest BCUT2D eigenvalue weighted by Gasteiger charge is -2.01. The molecule has 0 fully saturated rings. The standard InChI is InChI=1S/C15H17N3O2S/c1-18-8-6-13(17-18)5-7-16-15(20)12-10-14(21-11-12)4-2-3-9-19/h6,8,10-11,19H,3,5,7,9H2,1H3,(H,16,20). The Bertz CT molecular complexity index is 664. The summed E-state index contributed by atoms with van der Waals surface area (Å²) in [4.78, 5) is 12.8. The second-order valence-electron chi connectivity index (χ2n) is 4.46. The van der Waals surface area contributed by atoms with Gasteiger partial charge in [0.25, 0.3) is 5.91 Å². The second kappa shape index (κ2) is 7.62. The topological polar surface area (TPSA) is 67.2 Å². The van der Waals surface area contributed by atoms with E-state index in [1.165, 1.54) is 11.3 Å². The molecule has 0 saturated heterocycles. The van der Waals surface area contributed by atoms with Crippen LogP contribution >= 0.6 is 11.3 Å². The van der Waals surface area contributed by atoms with Crippen molar-refractivity contribution in [2.24, 2.45) is 7.05 Å². The Hall–Kier alpha value is -2.10. The Morgan fingerprint density at radius 3 is 3.14 bits per heavy atom. The molecular weight excluding hydrogens is 286 g/mol. The van der Waals surface area contributed by atoms with Gasteiger partial charge in [0.15, 0.2) is 0 Å². The summed E-state index contributed by atoms with van der Waals surface area (Å²) in [5.74, 6) is 5.66. The van der Waals surface area contributed by atoms with Gasteiger partial charge in [0, 0.05) is 38.0 Å². The number of nitrogens with one attached hydrogen (secondary N) is 1. The highest BCUT2D eigenvalue weighted by atomic mass is 32.1. The minimum atomic E-state index is -0.0996. The highest BCUT2D eigenvalue weighted by Crippen LogP contribution is 2.13. The van der Waals surface area contributed by atoms with Gasteiger partial charge in [-0.2, -0.15) is 5.10 Å². The van der Waals surface area contributed by atoms with Gasteiger partial charge < -0.3 is 10.4 Å². The summed E-state index contributed by atoms with van der Waals surface area (Å²) in [5.41, 5.74) is 1.58. The zero-order valence-corrected chi connectivity index (χ0v) is 12.6. The number of aliphatic hydroxyl groups excluding tert-OH is 1. The molecule has 0 radical (unpaired) electrons. The van der Waals surface area contributed by atoms with Crippen LogP contribution in [-0.2, 0) is 13.5 Å². The van der Waals surface area contributed by atoms with Crippen LogP contribution in [0.4, 0.5) is 0 Å². The first-order chi connectivity index (χ1) is 10.2. The van der Waals surface area contributed by atoms with E-state index in [0.29, 0.717) is 24.9 Å². The van der Waals surface area contributed by atoms with E-state index in [4.69, 9.17) is 5.11 Å². The second-order valence-corrected chi connectivity index (χ2v) is 5.37. The monoisotopic (exact) mass is 303 g/mol. The fourth-order valence-electron chi connectivity index (χ4n) is 1.73. The van der Waals surface area contributed by atoms with Crippen molar-refractivity contribution in [3.8, 4) is 11.8 Å². The van der Waals surface area contributed by atoms with E-state index in [9.17, 15) is 4.79 Å². The molecule has 0 aromatic carbocycles. The van der Waals surface area contributed by atoms with E-state index in [1.807, 2.05) is 19.3 Å². The summed E-state index contributed by atoms with van der Waals surface area (Å²) in [6.07, 6.45) is 3.04. The fraction of sp³-hybridized carbons (Fsp3) is 0.333. The van der Waals surface area contributed by atoms with Crippen molar-refractivity contribution in [1.82, 2.24) is 15.1 Å². The molecule has 0 saturated carbocycles. The normalized spacial score (nSPS) is 10.0. The molecule has 0 aliphatic heterocycles. The van der Waals surface area contributed by atoms with E-state index in [0.717, 1.165) is 10.6 Å². The molecule has 6 heteroatoms. The van der Waals surface area contributed by atoms with Gasteiger partial charge in [0.05, 0.1) is 22.7 Å². The van der Waals surface area contributed by atoms with Gasteiger partial charge in [0.1, 0.15) is 0 Å². The van der Waals surface area contributed by atoms with Crippen molar-refractivity contribution in [2.75, 3.05) is 13.2 Å². The van der Waals surface area contributed by atoms with Crippen molar-refractivity contribution < 1.29 is 9.90 Å². The van der Waals surface area contributed by atoms with Gasteiger partial charge in [0.2, 0.25) is 0 Å². The molecule has 2 heterocycles. The third-order valence-corrected chi connectivity index (χ3v) is 3.59. The minimum absolute atomic E-state index is 0.0548. The SMILES string of the molecule is Cn1ccc(CCNC(=O)c2csc(C#CCCO)c2)n1. The van der Waals surface area contributed by atoms with Crippen molar-refractivity contribution in [1.29, 1.82) is 0 Å². The highest BCUT2D eigenvalue weighted by Gasteiger charge is 2.07. The summed E-state index contributed by atoms with van der Waals surface area (Å²) in [5, 5.41) is 17.6. The maximum Gasteiger partial charge on any atom is 0.252 e. The summed E-state index contributed by atoms with van der Waals surface area (Å²) >= 11 is 1.43. The lowest BCUT2D eigenvalue weighted by Crippen LogP contribution is -2.25. The molecule has 0 aliphatic carbocycles. The number of hydrogen-bond acceptors (Lipinski definition) is 4. The highest BCUT2D eigenvalue weighted by molar-refractivity contribution is 7.10. The smallest absolute Gasteiger partial charge is 0.252 e. The molecule has 0 aliphatic rings. The van der Waals surface area contributed by atoms with Crippen LogP contribution in [0.2, 0.25) is 0 Å². The van der Waals surface area contributed by atoms with Gasteiger partial charge in [-0.15, -0.1) is 11.3 Å². The first-order valence-corrected chi connectivity index (χ1v) is 7.52. The first kappa shape index (κ1) is 15.3. The first-order valence-electron chi connectivity index (χ1n) is 6.64. The molecule has 2 aromatic rings. The Balaban J connectivity index is 1.82. The number of aryl methyl sites for hydroxylation is 1. The van der Waals surface area contributed by atoms with Crippen molar-refractivity contribution in [3.05, 3.63) is 39.8 Å². The maximum absolute atomic E-state index is 12.0. The molecule has 1 amide bonds. The van der Waals surface area contributed by atoms with E-state index in [1.54, 1.807) is 16.1 Å². The van der Waals surface area contributed by atoms with Crippen molar-refractivity contribution >= 4 is 17.2 Å². The largest absolute Gasteiger partial charge is 0.395 e. The molecule has 0 spiro atoms. The molecule has 0 unspecified atom stereocenters. The molecule has 21 heavy (non-hydrogen) atoms. The zero-order valence-electron chi connectivity index (χ0n) is 11.8. The van der Waals surface area contributed by atoms with Crippen LogP contribution in [0.15, 0.2) is 23.7 Å². The van der Waals surface area contributed by atoms with Crippen LogP contribution in [0.25, 0.3) is 0 Å². The number of carbonyl (C=O) groups excluding carboxylic acids is 1. The van der Waals surface area contributed by atoms with Crippen LogP contribution in [0.5, 0.6) is 0 Å². The van der Waals surface area contributed by atoms with Crippen LogP contribution in [0.1, 0.15) is 27.3 Å². The van der Waals surface area contributed by atoms with Crippen LogP contribution in [0, 0.1) is 11.8 Å².